The predicted octanol–water partition coefficient (Wildman–Crippen LogP) is 3.57. The Morgan fingerprint density at radius 1 is 1.47 bits per heavy atom. The van der Waals surface area contributed by atoms with E-state index in [0.717, 1.165) is 6.42 Å². The maximum atomic E-state index is 13.4. The van der Waals surface area contributed by atoms with Crippen molar-refractivity contribution in [3.8, 4) is 0 Å². The number of hydrogen-bond acceptors (Lipinski definition) is 1. The fraction of sp³-hybridized carbons (Fsp3) is 0.500. The Bertz CT molecular complexity index is 336. The Hall–Kier alpha value is -0.600. The Kier molecular flexibility index (Phi) is 4.12. The minimum atomic E-state index is -0.861. The molecule has 0 fully saturated rings. The van der Waals surface area contributed by atoms with E-state index in [1.54, 1.807) is 13.0 Å². The molecule has 1 aromatic rings. The first-order valence-electron chi connectivity index (χ1n) is 5.11. The molecule has 0 spiro atoms. The molecule has 1 aromatic carbocycles. The Balaban J connectivity index is 2.83. The highest BCUT2D eigenvalue weighted by Gasteiger charge is 2.21. The standard InChI is InChI=1S/C12H16ClFO/c1-3-6-12(2,15)8-9-7-10(13)4-5-11(9)14/h4-5,7,15H,3,6,8H2,1-2H3. The lowest BCUT2D eigenvalue weighted by atomic mass is 9.92. The molecule has 0 aromatic heterocycles. The summed E-state index contributed by atoms with van der Waals surface area (Å²) in [5, 5.41) is 10.5. The Morgan fingerprint density at radius 2 is 2.13 bits per heavy atom. The van der Waals surface area contributed by atoms with Crippen molar-refractivity contribution in [1.82, 2.24) is 0 Å². The number of hydrogen-bond donors (Lipinski definition) is 1. The van der Waals surface area contributed by atoms with Crippen molar-refractivity contribution in [2.75, 3.05) is 0 Å². The molecule has 15 heavy (non-hydrogen) atoms. The molecule has 1 N–H and O–H groups in total. The molecule has 0 radical (unpaired) electrons. The van der Waals surface area contributed by atoms with Crippen molar-refractivity contribution in [2.45, 2.75) is 38.7 Å². The fourth-order valence-corrected chi connectivity index (χ4v) is 1.91. The smallest absolute Gasteiger partial charge is 0.126 e. The second-order valence-electron chi connectivity index (χ2n) is 4.16. The largest absolute Gasteiger partial charge is 0.390 e. The van der Waals surface area contributed by atoms with Gasteiger partial charge in [-0.15, -0.1) is 0 Å². The lowest BCUT2D eigenvalue weighted by molar-refractivity contribution is 0.0497. The molecule has 0 aliphatic heterocycles. The molecule has 1 unspecified atom stereocenters. The van der Waals surface area contributed by atoms with Crippen LogP contribution in [0.4, 0.5) is 4.39 Å². The van der Waals surface area contributed by atoms with Crippen molar-refractivity contribution in [1.29, 1.82) is 0 Å². The van der Waals surface area contributed by atoms with Gasteiger partial charge in [0.2, 0.25) is 0 Å². The average Bonchev–Trinajstić information content (AvgIpc) is 2.10. The third-order valence-electron chi connectivity index (χ3n) is 2.37. The minimum Gasteiger partial charge on any atom is -0.390 e. The molecule has 0 amide bonds. The third-order valence-corrected chi connectivity index (χ3v) is 2.60. The molecule has 1 atom stereocenters. The lowest BCUT2D eigenvalue weighted by Gasteiger charge is -2.22. The summed E-state index contributed by atoms with van der Waals surface area (Å²) >= 11 is 5.77. The zero-order valence-corrected chi connectivity index (χ0v) is 9.81. The number of rotatable bonds is 4. The number of halogens is 2. The summed E-state index contributed by atoms with van der Waals surface area (Å²) in [6, 6.07) is 4.41. The van der Waals surface area contributed by atoms with E-state index in [0.29, 0.717) is 23.4 Å². The summed E-state index contributed by atoms with van der Waals surface area (Å²) in [5.74, 6) is -0.309. The van der Waals surface area contributed by atoms with E-state index in [-0.39, 0.29) is 5.82 Å². The maximum absolute atomic E-state index is 13.4. The van der Waals surface area contributed by atoms with Gasteiger partial charge in [-0.2, -0.15) is 0 Å². The summed E-state index contributed by atoms with van der Waals surface area (Å²) < 4.78 is 13.4. The van der Waals surface area contributed by atoms with Gasteiger partial charge in [0.1, 0.15) is 5.82 Å². The quantitative estimate of drug-likeness (QED) is 0.839. The van der Waals surface area contributed by atoms with Crippen molar-refractivity contribution in [2.24, 2.45) is 0 Å². The van der Waals surface area contributed by atoms with E-state index in [1.165, 1.54) is 12.1 Å². The minimum absolute atomic E-state index is 0.299. The zero-order chi connectivity index (χ0) is 11.5. The maximum Gasteiger partial charge on any atom is 0.126 e. The van der Waals surface area contributed by atoms with Crippen LogP contribution in [0, 0.1) is 5.82 Å². The van der Waals surface area contributed by atoms with Gasteiger partial charge < -0.3 is 5.11 Å². The van der Waals surface area contributed by atoms with E-state index in [9.17, 15) is 9.50 Å². The fourth-order valence-electron chi connectivity index (χ4n) is 1.72. The highest BCUT2D eigenvalue weighted by atomic mass is 35.5. The molecule has 0 aliphatic carbocycles. The molecular formula is C12H16ClFO. The van der Waals surface area contributed by atoms with Crippen LogP contribution in [-0.4, -0.2) is 10.7 Å². The first-order chi connectivity index (χ1) is 6.94. The molecule has 84 valence electrons. The van der Waals surface area contributed by atoms with Gasteiger partial charge in [-0.05, 0) is 37.1 Å². The first-order valence-corrected chi connectivity index (χ1v) is 5.49. The van der Waals surface area contributed by atoms with Crippen LogP contribution in [0.5, 0.6) is 0 Å². The molecule has 0 saturated heterocycles. The van der Waals surface area contributed by atoms with Crippen LogP contribution in [0.1, 0.15) is 32.3 Å². The number of aliphatic hydroxyl groups is 1. The zero-order valence-electron chi connectivity index (χ0n) is 9.06. The second-order valence-corrected chi connectivity index (χ2v) is 4.60. The monoisotopic (exact) mass is 230 g/mol. The molecule has 1 nitrogen and oxygen atoms in total. The van der Waals surface area contributed by atoms with Gasteiger partial charge >= 0.3 is 0 Å². The van der Waals surface area contributed by atoms with Crippen LogP contribution in [0.3, 0.4) is 0 Å². The van der Waals surface area contributed by atoms with Crippen LogP contribution in [0.2, 0.25) is 5.02 Å². The lowest BCUT2D eigenvalue weighted by Crippen LogP contribution is -2.27. The second kappa shape index (κ2) is 4.95. The molecular weight excluding hydrogens is 215 g/mol. The normalized spacial score (nSPS) is 15.0. The summed E-state index contributed by atoms with van der Waals surface area (Å²) in [5.41, 5.74) is -0.388. The van der Waals surface area contributed by atoms with Gasteiger partial charge in [-0.1, -0.05) is 24.9 Å². The Morgan fingerprint density at radius 3 is 2.73 bits per heavy atom. The number of benzene rings is 1. The molecule has 0 aliphatic rings. The van der Waals surface area contributed by atoms with E-state index < -0.39 is 5.60 Å². The van der Waals surface area contributed by atoms with Gasteiger partial charge in [0.05, 0.1) is 5.60 Å². The molecule has 1 rings (SSSR count). The van der Waals surface area contributed by atoms with Gasteiger partial charge in [0, 0.05) is 11.4 Å². The van der Waals surface area contributed by atoms with Crippen LogP contribution >= 0.6 is 11.6 Å². The van der Waals surface area contributed by atoms with E-state index in [4.69, 9.17) is 11.6 Å². The van der Waals surface area contributed by atoms with Crippen LogP contribution in [0.15, 0.2) is 18.2 Å². The summed E-state index contributed by atoms with van der Waals surface area (Å²) in [6.45, 7) is 3.71. The summed E-state index contributed by atoms with van der Waals surface area (Å²) in [6.07, 6.45) is 1.82. The van der Waals surface area contributed by atoms with Gasteiger partial charge in [0.15, 0.2) is 0 Å². The topological polar surface area (TPSA) is 20.2 Å². The molecule has 0 heterocycles. The first kappa shape index (κ1) is 12.5. The van der Waals surface area contributed by atoms with E-state index in [1.807, 2.05) is 6.92 Å². The molecule has 0 saturated carbocycles. The van der Waals surface area contributed by atoms with E-state index in [2.05, 4.69) is 0 Å². The summed E-state index contributed by atoms with van der Waals surface area (Å²) in [4.78, 5) is 0. The molecule has 3 heteroatoms. The van der Waals surface area contributed by atoms with Crippen LogP contribution < -0.4 is 0 Å². The van der Waals surface area contributed by atoms with Gasteiger partial charge in [0.25, 0.3) is 0 Å². The van der Waals surface area contributed by atoms with Crippen molar-refractivity contribution >= 4 is 11.6 Å². The summed E-state index contributed by atoms with van der Waals surface area (Å²) in [7, 11) is 0. The average molecular weight is 231 g/mol. The van der Waals surface area contributed by atoms with Gasteiger partial charge in [-0.25, -0.2) is 4.39 Å². The van der Waals surface area contributed by atoms with Crippen molar-refractivity contribution in [3.63, 3.8) is 0 Å². The highest BCUT2D eigenvalue weighted by molar-refractivity contribution is 6.30. The SMILES string of the molecule is CCCC(C)(O)Cc1cc(Cl)ccc1F. The van der Waals surface area contributed by atoms with Crippen LogP contribution in [-0.2, 0) is 6.42 Å². The van der Waals surface area contributed by atoms with Gasteiger partial charge in [-0.3, -0.25) is 0 Å². The van der Waals surface area contributed by atoms with Crippen molar-refractivity contribution < 1.29 is 9.50 Å². The Labute approximate surface area is 94.9 Å². The van der Waals surface area contributed by atoms with Crippen LogP contribution in [0.25, 0.3) is 0 Å². The molecule has 0 bridgehead atoms. The van der Waals surface area contributed by atoms with E-state index >= 15 is 0 Å². The van der Waals surface area contributed by atoms with Crippen molar-refractivity contribution in [3.05, 3.63) is 34.6 Å². The highest BCUT2D eigenvalue weighted by Crippen LogP contribution is 2.22. The predicted molar refractivity (Wildman–Crippen MR) is 60.6 cm³/mol. The third kappa shape index (κ3) is 3.80.